The lowest BCUT2D eigenvalue weighted by atomic mass is 10.0. The van der Waals surface area contributed by atoms with Gasteiger partial charge in [-0.25, -0.2) is 9.97 Å². The van der Waals surface area contributed by atoms with Gasteiger partial charge in [0.15, 0.2) is 0 Å². The van der Waals surface area contributed by atoms with Crippen molar-refractivity contribution in [2.75, 3.05) is 12.8 Å². The number of hydrogen-bond acceptors (Lipinski definition) is 4. The Kier molecular flexibility index (Phi) is 3.39. The Bertz CT molecular complexity index is 599. The molecule has 0 atom stereocenters. The molecule has 0 saturated carbocycles. The second-order valence-electron chi connectivity index (χ2n) is 3.99. The van der Waals surface area contributed by atoms with E-state index in [0.29, 0.717) is 22.4 Å². The predicted molar refractivity (Wildman–Crippen MR) is 72.9 cm³/mol. The Hall–Kier alpha value is -1.81. The van der Waals surface area contributed by atoms with Crippen LogP contribution in [0.15, 0.2) is 18.3 Å². The van der Waals surface area contributed by atoms with Crippen LogP contribution in [-0.2, 0) is 0 Å². The molecule has 0 fully saturated rings. The Morgan fingerprint density at radius 2 is 2.00 bits per heavy atom. The molecule has 0 bridgehead atoms. The maximum Gasteiger partial charge on any atom is 0.138 e. The highest BCUT2D eigenvalue weighted by molar-refractivity contribution is 6.35. The number of aryl methyl sites for hydroxylation is 2. The van der Waals surface area contributed by atoms with Gasteiger partial charge in [-0.2, -0.15) is 0 Å². The van der Waals surface area contributed by atoms with Crippen molar-refractivity contribution in [2.45, 2.75) is 13.8 Å². The van der Waals surface area contributed by atoms with E-state index in [2.05, 4.69) is 9.97 Å². The van der Waals surface area contributed by atoms with E-state index in [1.165, 1.54) is 0 Å². The lowest BCUT2D eigenvalue weighted by Gasteiger charge is -2.13. The average molecular weight is 264 g/mol. The fourth-order valence-electron chi connectivity index (χ4n) is 1.82. The van der Waals surface area contributed by atoms with Crippen molar-refractivity contribution < 1.29 is 4.74 Å². The van der Waals surface area contributed by atoms with Crippen LogP contribution in [0.25, 0.3) is 11.1 Å². The fourth-order valence-corrected chi connectivity index (χ4v) is 2.21. The zero-order valence-corrected chi connectivity index (χ0v) is 11.2. The molecule has 1 aromatic heterocycles. The zero-order chi connectivity index (χ0) is 13.3. The highest BCUT2D eigenvalue weighted by Crippen LogP contribution is 2.39. The second kappa shape index (κ2) is 4.82. The molecule has 0 spiro atoms. The monoisotopic (exact) mass is 263 g/mol. The number of ether oxygens (including phenoxy) is 1. The molecule has 0 unspecified atom stereocenters. The van der Waals surface area contributed by atoms with Gasteiger partial charge in [-0.3, -0.25) is 0 Å². The summed E-state index contributed by atoms with van der Waals surface area (Å²) >= 11 is 6.32. The molecule has 2 N–H and O–H groups in total. The summed E-state index contributed by atoms with van der Waals surface area (Å²) in [5.74, 6) is 1.66. The number of halogens is 1. The number of methoxy groups -OCH3 is 1. The Morgan fingerprint density at radius 3 is 2.61 bits per heavy atom. The molecule has 0 aliphatic carbocycles. The molecule has 0 saturated heterocycles. The van der Waals surface area contributed by atoms with E-state index in [4.69, 9.17) is 22.1 Å². The minimum atomic E-state index is 0.417. The van der Waals surface area contributed by atoms with Crippen molar-refractivity contribution in [3.05, 3.63) is 34.7 Å². The van der Waals surface area contributed by atoms with Crippen molar-refractivity contribution in [3.8, 4) is 16.9 Å². The fraction of sp³-hybridized carbons (Fsp3) is 0.231. The minimum Gasteiger partial charge on any atom is -0.495 e. The molecule has 1 aromatic carbocycles. The van der Waals surface area contributed by atoms with Gasteiger partial charge < -0.3 is 10.5 Å². The van der Waals surface area contributed by atoms with E-state index in [9.17, 15) is 0 Å². The summed E-state index contributed by atoms with van der Waals surface area (Å²) < 4.78 is 5.21. The topological polar surface area (TPSA) is 61.0 Å². The number of nitrogens with two attached hydrogens (primary N) is 1. The molecule has 1 heterocycles. The summed E-state index contributed by atoms with van der Waals surface area (Å²) in [6.07, 6.45) is 1.69. The Balaban J connectivity index is 2.70. The molecular formula is C13H14ClN3O. The highest BCUT2D eigenvalue weighted by atomic mass is 35.5. The number of nitrogen functional groups attached to an aromatic ring is 1. The third-order valence-corrected chi connectivity index (χ3v) is 3.12. The quantitative estimate of drug-likeness (QED) is 0.905. The minimum absolute atomic E-state index is 0.417. The van der Waals surface area contributed by atoms with Gasteiger partial charge in [-0.15, -0.1) is 0 Å². The normalized spacial score (nSPS) is 10.4. The van der Waals surface area contributed by atoms with E-state index < -0.39 is 0 Å². The number of anilines is 1. The van der Waals surface area contributed by atoms with Gasteiger partial charge in [-0.1, -0.05) is 17.7 Å². The molecule has 5 heteroatoms. The molecule has 0 radical (unpaired) electrons. The molecule has 18 heavy (non-hydrogen) atoms. The molecular weight excluding hydrogens is 250 g/mol. The van der Waals surface area contributed by atoms with E-state index in [-0.39, 0.29) is 0 Å². The van der Waals surface area contributed by atoms with Gasteiger partial charge in [0.1, 0.15) is 17.4 Å². The summed E-state index contributed by atoms with van der Waals surface area (Å²) in [4.78, 5) is 8.32. The lowest BCUT2D eigenvalue weighted by molar-refractivity contribution is 0.415. The predicted octanol–water partition coefficient (Wildman–Crippen LogP) is 3.00. The van der Waals surface area contributed by atoms with Gasteiger partial charge in [0.25, 0.3) is 0 Å². The number of aromatic nitrogens is 2. The standard InChI is InChI=1S/C13H14ClN3O/c1-7-4-5-10(18-3)12(14)11(7)9-6-16-8(2)17-13(9)15/h4-6H,1-3H3,(H2,15,16,17). The van der Waals surface area contributed by atoms with Crippen molar-refractivity contribution in [2.24, 2.45) is 0 Å². The first-order valence-corrected chi connectivity index (χ1v) is 5.85. The number of hydrogen-bond donors (Lipinski definition) is 1. The third-order valence-electron chi connectivity index (χ3n) is 2.74. The van der Waals surface area contributed by atoms with Gasteiger partial charge >= 0.3 is 0 Å². The van der Waals surface area contributed by atoms with Crippen molar-refractivity contribution in [1.82, 2.24) is 9.97 Å². The zero-order valence-electron chi connectivity index (χ0n) is 10.5. The van der Waals surface area contributed by atoms with Crippen LogP contribution in [0.5, 0.6) is 5.75 Å². The van der Waals surface area contributed by atoms with E-state index in [0.717, 1.165) is 16.7 Å². The van der Waals surface area contributed by atoms with Crippen LogP contribution in [0.4, 0.5) is 5.82 Å². The van der Waals surface area contributed by atoms with Gasteiger partial charge in [0.05, 0.1) is 12.1 Å². The highest BCUT2D eigenvalue weighted by Gasteiger charge is 2.15. The smallest absolute Gasteiger partial charge is 0.138 e. The summed E-state index contributed by atoms with van der Waals surface area (Å²) in [6, 6.07) is 3.76. The van der Waals surface area contributed by atoms with Crippen LogP contribution in [0, 0.1) is 13.8 Å². The summed E-state index contributed by atoms with van der Waals surface area (Å²) in [5.41, 5.74) is 8.47. The first kappa shape index (κ1) is 12.6. The largest absolute Gasteiger partial charge is 0.495 e. The van der Waals surface area contributed by atoms with Gasteiger partial charge in [-0.05, 0) is 25.5 Å². The van der Waals surface area contributed by atoms with Crippen molar-refractivity contribution >= 4 is 17.4 Å². The van der Waals surface area contributed by atoms with Crippen molar-refractivity contribution in [3.63, 3.8) is 0 Å². The van der Waals surface area contributed by atoms with E-state index in [1.807, 2.05) is 19.1 Å². The van der Waals surface area contributed by atoms with Crippen LogP contribution < -0.4 is 10.5 Å². The second-order valence-corrected chi connectivity index (χ2v) is 4.37. The maximum atomic E-state index is 6.32. The summed E-state index contributed by atoms with van der Waals surface area (Å²) in [5, 5.41) is 0.525. The maximum absolute atomic E-state index is 6.32. The van der Waals surface area contributed by atoms with Crippen LogP contribution in [-0.4, -0.2) is 17.1 Å². The summed E-state index contributed by atoms with van der Waals surface area (Å²) in [7, 11) is 1.58. The van der Waals surface area contributed by atoms with Gasteiger partial charge in [0, 0.05) is 17.3 Å². The molecule has 0 amide bonds. The average Bonchev–Trinajstić information content (AvgIpc) is 2.32. The van der Waals surface area contributed by atoms with Crippen LogP contribution in [0.1, 0.15) is 11.4 Å². The Morgan fingerprint density at radius 1 is 1.28 bits per heavy atom. The van der Waals surface area contributed by atoms with Crippen LogP contribution >= 0.6 is 11.6 Å². The molecule has 0 aliphatic rings. The van der Waals surface area contributed by atoms with E-state index >= 15 is 0 Å². The van der Waals surface area contributed by atoms with Crippen molar-refractivity contribution in [1.29, 1.82) is 0 Å². The molecule has 2 aromatic rings. The van der Waals surface area contributed by atoms with Gasteiger partial charge in [0.2, 0.25) is 0 Å². The first-order chi connectivity index (χ1) is 8.54. The molecule has 94 valence electrons. The van der Waals surface area contributed by atoms with Crippen LogP contribution in [0.2, 0.25) is 5.02 Å². The molecule has 2 rings (SSSR count). The SMILES string of the molecule is COc1ccc(C)c(-c2cnc(C)nc2N)c1Cl. The number of nitrogens with zero attached hydrogens (tertiary/aromatic N) is 2. The van der Waals surface area contributed by atoms with E-state index in [1.54, 1.807) is 20.2 Å². The lowest BCUT2D eigenvalue weighted by Crippen LogP contribution is -2.00. The Labute approximate surface area is 111 Å². The van der Waals surface area contributed by atoms with Crippen LogP contribution in [0.3, 0.4) is 0 Å². The third kappa shape index (κ3) is 2.11. The molecule has 4 nitrogen and oxygen atoms in total. The first-order valence-electron chi connectivity index (χ1n) is 5.47. The number of benzene rings is 1. The summed E-state index contributed by atoms with van der Waals surface area (Å²) in [6.45, 7) is 3.75. The molecule has 0 aliphatic heterocycles. The number of rotatable bonds is 2.